The van der Waals surface area contributed by atoms with E-state index in [0.29, 0.717) is 18.1 Å². The van der Waals surface area contributed by atoms with Gasteiger partial charge in [0.25, 0.3) is 5.91 Å². The van der Waals surface area contributed by atoms with Gasteiger partial charge >= 0.3 is 0 Å². The van der Waals surface area contributed by atoms with Gasteiger partial charge in [-0.25, -0.2) is 5.06 Å². The number of carbonyl (C=O) groups is 1. The lowest BCUT2D eigenvalue weighted by Crippen LogP contribution is -2.22. The lowest BCUT2D eigenvalue weighted by Gasteiger charge is -2.11. The molecule has 0 bridgehead atoms. The number of ether oxygens (including phenoxy) is 2. The third-order valence-electron chi connectivity index (χ3n) is 2.49. The van der Waals surface area contributed by atoms with E-state index < -0.39 is 0 Å². The zero-order valence-corrected chi connectivity index (χ0v) is 11.7. The van der Waals surface area contributed by atoms with Gasteiger partial charge in [-0.2, -0.15) is 0 Å². The molecule has 0 unspecified atom stereocenters. The maximum atomic E-state index is 11.5. The number of amides is 1. The van der Waals surface area contributed by atoms with Crippen LogP contribution in [0.5, 0.6) is 11.5 Å². The molecule has 0 atom stereocenters. The predicted molar refractivity (Wildman–Crippen MR) is 73.0 cm³/mol. The van der Waals surface area contributed by atoms with Gasteiger partial charge in [0.1, 0.15) is 0 Å². The highest BCUT2D eigenvalue weighted by atomic mass is 16.7. The van der Waals surface area contributed by atoms with Gasteiger partial charge in [0, 0.05) is 13.1 Å². The van der Waals surface area contributed by atoms with Crippen LogP contribution in [0, 0.1) is 0 Å². The molecule has 19 heavy (non-hydrogen) atoms. The van der Waals surface area contributed by atoms with Crippen molar-refractivity contribution in [2.75, 3.05) is 27.9 Å². The van der Waals surface area contributed by atoms with Crippen molar-refractivity contribution in [2.45, 2.75) is 6.92 Å². The maximum absolute atomic E-state index is 11.5. The summed E-state index contributed by atoms with van der Waals surface area (Å²) in [6.07, 6.45) is 3.12. The molecule has 0 spiro atoms. The van der Waals surface area contributed by atoms with E-state index >= 15 is 0 Å². The molecular formula is C14H19NO4. The Kier molecular flexibility index (Phi) is 5.89. The third kappa shape index (κ3) is 4.30. The number of carbonyl (C=O) groups excluding carboxylic acids is 1. The van der Waals surface area contributed by atoms with Crippen LogP contribution in [0.2, 0.25) is 0 Å². The molecule has 0 aliphatic heterocycles. The van der Waals surface area contributed by atoms with Crippen LogP contribution >= 0.6 is 0 Å². The largest absolute Gasteiger partial charge is 0.493 e. The molecule has 0 aliphatic carbocycles. The minimum atomic E-state index is -0.240. The van der Waals surface area contributed by atoms with E-state index in [0.717, 1.165) is 10.6 Å². The van der Waals surface area contributed by atoms with Crippen molar-refractivity contribution in [3.8, 4) is 11.5 Å². The highest BCUT2D eigenvalue weighted by Gasteiger charge is 2.05. The van der Waals surface area contributed by atoms with Crippen molar-refractivity contribution in [3.05, 3.63) is 29.8 Å². The molecule has 0 aromatic heterocycles. The lowest BCUT2D eigenvalue weighted by atomic mass is 10.2. The summed E-state index contributed by atoms with van der Waals surface area (Å²) in [6.45, 7) is 2.48. The molecule has 0 N–H and O–H groups in total. The van der Waals surface area contributed by atoms with Crippen molar-refractivity contribution >= 4 is 12.0 Å². The Morgan fingerprint density at radius 2 is 2.05 bits per heavy atom. The first-order chi connectivity index (χ1) is 9.12. The Morgan fingerprint density at radius 3 is 2.63 bits per heavy atom. The topological polar surface area (TPSA) is 48.0 Å². The molecule has 1 rings (SSSR count). The van der Waals surface area contributed by atoms with Crippen molar-refractivity contribution in [3.63, 3.8) is 0 Å². The average molecular weight is 265 g/mol. The lowest BCUT2D eigenvalue weighted by molar-refractivity contribution is -0.162. The molecule has 0 fully saturated rings. The van der Waals surface area contributed by atoms with Crippen LogP contribution in [-0.4, -0.2) is 38.8 Å². The number of hydrogen-bond acceptors (Lipinski definition) is 4. The Bertz CT molecular complexity index is 457. The molecule has 1 aromatic carbocycles. The van der Waals surface area contributed by atoms with Crippen LogP contribution in [0.15, 0.2) is 24.3 Å². The Morgan fingerprint density at radius 1 is 1.32 bits per heavy atom. The first-order valence-corrected chi connectivity index (χ1v) is 5.93. The quantitative estimate of drug-likeness (QED) is 0.584. The van der Waals surface area contributed by atoms with Gasteiger partial charge in [-0.05, 0) is 30.7 Å². The fraction of sp³-hybridized carbons (Fsp3) is 0.357. The van der Waals surface area contributed by atoms with Gasteiger partial charge in [-0.15, -0.1) is 0 Å². The maximum Gasteiger partial charge on any atom is 0.269 e. The van der Waals surface area contributed by atoms with Crippen LogP contribution < -0.4 is 9.47 Å². The molecule has 0 saturated heterocycles. The molecule has 1 aromatic rings. The number of benzene rings is 1. The van der Waals surface area contributed by atoms with Crippen LogP contribution in [0.1, 0.15) is 12.5 Å². The summed E-state index contributed by atoms with van der Waals surface area (Å²) in [6, 6.07) is 5.47. The van der Waals surface area contributed by atoms with E-state index in [1.54, 1.807) is 20.2 Å². The summed E-state index contributed by atoms with van der Waals surface area (Å²) in [5, 5.41) is 1.14. The molecule has 0 heterocycles. The second-order valence-corrected chi connectivity index (χ2v) is 3.69. The van der Waals surface area contributed by atoms with Gasteiger partial charge in [0.15, 0.2) is 11.5 Å². The van der Waals surface area contributed by atoms with Crippen LogP contribution in [0.25, 0.3) is 6.08 Å². The molecule has 0 saturated carbocycles. The second kappa shape index (κ2) is 7.43. The summed E-state index contributed by atoms with van der Waals surface area (Å²) in [7, 11) is 4.56. The average Bonchev–Trinajstić information content (AvgIpc) is 2.45. The summed E-state index contributed by atoms with van der Waals surface area (Å²) in [5.41, 5.74) is 0.846. The van der Waals surface area contributed by atoms with Crippen molar-refractivity contribution in [1.82, 2.24) is 5.06 Å². The first-order valence-electron chi connectivity index (χ1n) is 5.93. The van der Waals surface area contributed by atoms with Gasteiger partial charge in [-0.1, -0.05) is 6.07 Å². The SMILES string of the molecule is CCOc1ccc(/C=C/C(=O)N(C)OC)cc1OC. The number of hydrogen-bond donors (Lipinski definition) is 0. The molecular weight excluding hydrogens is 246 g/mol. The van der Waals surface area contributed by atoms with Crippen molar-refractivity contribution in [2.24, 2.45) is 0 Å². The van der Waals surface area contributed by atoms with E-state index in [1.807, 2.05) is 25.1 Å². The summed E-state index contributed by atoms with van der Waals surface area (Å²) in [5.74, 6) is 1.08. The molecule has 5 heteroatoms. The summed E-state index contributed by atoms with van der Waals surface area (Å²) < 4.78 is 10.7. The molecule has 5 nitrogen and oxygen atoms in total. The number of nitrogens with zero attached hydrogens (tertiary/aromatic N) is 1. The van der Waals surface area contributed by atoms with E-state index in [9.17, 15) is 4.79 Å². The number of hydroxylamine groups is 2. The van der Waals surface area contributed by atoms with Crippen molar-refractivity contribution in [1.29, 1.82) is 0 Å². The second-order valence-electron chi connectivity index (χ2n) is 3.69. The molecule has 0 radical (unpaired) electrons. The van der Waals surface area contributed by atoms with Gasteiger partial charge in [0.2, 0.25) is 0 Å². The smallest absolute Gasteiger partial charge is 0.269 e. The van der Waals surface area contributed by atoms with Crippen LogP contribution in [0.4, 0.5) is 0 Å². The highest BCUT2D eigenvalue weighted by Crippen LogP contribution is 2.28. The molecule has 0 aliphatic rings. The minimum Gasteiger partial charge on any atom is -0.493 e. The normalized spacial score (nSPS) is 10.5. The van der Waals surface area contributed by atoms with Crippen LogP contribution in [0.3, 0.4) is 0 Å². The fourth-order valence-electron chi connectivity index (χ4n) is 1.43. The number of methoxy groups -OCH3 is 1. The number of rotatable bonds is 6. The zero-order chi connectivity index (χ0) is 14.3. The van der Waals surface area contributed by atoms with Gasteiger partial charge in [0.05, 0.1) is 20.8 Å². The standard InChI is InChI=1S/C14H19NO4/c1-5-19-12-8-6-11(10-13(12)17-3)7-9-14(16)15(2)18-4/h6-10H,5H2,1-4H3/b9-7+. The fourth-order valence-corrected chi connectivity index (χ4v) is 1.43. The van der Waals surface area contributed by atoms with E-state index in [1.165, 1.54) is 13.2 Å². The molecule has 104 valence electrons. The van der Waals surface area contributed by atoms with E-state index in [4.69, 9.17) is 14.3 Å². The van der Waals surface area contributed by atoms with Gasteiger partial charge < -0.3 is 9.47 Å². The predicted octanol–water partition coefficient (Wildman–Crippen LogP) is 2.13. The Labute approximate surface area is 113 Å². The van der Waals surface area contributed by atoms with E-state index in [-0.39, 0.29) is 5.91 Å². The zero-order valence-electron chi connectivity index (χ0n) is 11.7. The third-order valence-corrected chi connectivity index (χ3v) is 2.49. The van der Waals surface area contributed by atoms with E-state index in [2.05, 4.69) is 0 Å². The number of likely N-dealkylation sites (N-methyl/N-ethyl adjacent to an activating group) is 1. The minimum absolute atomic E-state index is 0.240. The first kappa shape index (κ1) is 15.0. The molecule has 1 amide bonds. The summed E-state index contributed by atoms with van der Waals surface area (Å²) in [4.78, 5) is 16.3. The Balaban J connectivity index is 2.85. The van der Waals surface area contributed by atoms with Crippen molar-refractivity contribution < 1.29 is 19.1 Å². The monoisotopic (exact) mass is 265 g/mol. The van der Waals surface area contributed by atoms with Gasteiger partial charge in [-0.3, -0.25) is 9.63 Å². The summed E-state index contributed by atoms with van der Waals surface area (Å²) >= 11 is 0. The van der Waals surface area contributed by atoms with Crippen LogP contribution in [-0.2, 0) is 9.63 Å². The highest BCUT2D eigenvalue weighted by molar-refractivity contribution is 5.90. The Hall–Kier alpha value is -2.01.